The molecule has 3 aromatic carbocycles. The SMILES string of the molecule is O[C@H]1O[C@H](COCc2ccccc2)[C@@H](F)[C@H](OCc2ccccc2)[C@H]1OCc1ccccc1. The van der Waals surface area contributed by atoms with Crippen LogP contribution in [0.4, 0.5) is 4.39 Å². The van der Waals surface area contributed by atoms with Gasteiger partial charge in [0.2, 0.25) is 0 Å². The first-order valence-corrected chi connectivity index (χ1v) is 11.1. The molecule has 0 aromatic heterocycles. The van der Waals surface area contributed by atoms with Gasteiger partial charge in [0, 0.05) is 0 Å². The van der Waals surface area contributed by atoms with Gasteiger partial charge in [-0.2, -0.15) is 0 Å². The lowest BCUT2D eigenvalue weighted by molar-refractivity contribution is -0.298. The fourth-order valence-corrected chi connectivity index (χ4v) is 3.78. The van der Waals surface area contributed by atoms with E-state index in [1.54, 1.807) is 0 Å². The van der Waals surface area contributed by atoms with Crippen molar-refractivity contribution in [3.05, 3.63) is 108 Å². The van der Waals surface area contributed by atoms with Gasteiger partial charge in [-0.25, -0.2) is 4.39 Å². The molecular formula is C27H29FO5. The molecule has 0 bridgehead atoms. The highest BCUT2D eigenvalue weighted by Gasteiger charge is 2.47. The van der Waals surface area contributed by atoms with Crippen molar-refractivity contribution in [2.75, 3.05) is 6.61 Å². The Balaban J connectivity index is 1.41. The van der Waals surface area contributed by atoms with E-state index in [0.29, 0.717) is 6.61 Å². The minimum Gasteiger partial charge on any atom is -0.374 e. The van der Waals surface area contributed by atoms with E-state index in [2.05, 4.69) is 0 Å². The molecule has 4 rings (SSSR count). The van der Waals surface area contributed by atoms with Crippen molar-refractivity contribution in [2.24, 2.45) is 0 Å². The lowest BCUT2D eigenvalue weighted by atomic mass is 9.99. The van der Waals surface area contributed by atoms with Crippen LogP contribution in [0, 0.1) is 0 Å². The zero-order chi connectivity index (χ0) is 22.9. The van der Waals surface area contributed by atoms with Crippen molar-refractivity contribution < 1.29 is 28.4 Å². The van der Waals surface area contributed by atoms with Gasteiger partial charge in [-0.3, -0.25) is 0 Å². The van der Waals surface area contributed by atoms with E-state index in [4.69, 9.17) is 18.9 Å². The molecule has 3 aromatic rings. The van der Waals surface area contributed by atoms with E-state index >= 15 is 4.39 Å². The molecule has 5 atom stereocenters. The zero-order valence-corrected chi connectivity index (χ0v) is 18.3. The number of hydrogen-bond donors (Lipinski definition) is 1. The maximum absolute atomic E-state index is 15.6. The van der Waals surface area contributed by atoms with Crippen LogP contribution >= 0.6 is 0 Å². The third-order valence-corrected chi connectivity index (χ3v) is 5.55. The number of ether oxygens (including phenoxy) is 4. The zero-order valence-electron chi connectivity index (χ0n) is 18.3. The maximum Gasteiger partial charge on any atom is 0.184 e. The fourth-order valence-electron chi connectivity index (χ4n) is 3.78. The Morgan fingerprint density at radius 1 is 0.667 bits per heavy atom. The van der Waals surface area contributed by atoms with Crippen LogP contribution in [-0.2, 0) is 38.8 Å². The highest BCUT2D eigenvalue weighted by atomic mass is 19.1. The minimum atomic E-state index is -1.53. The number of aliphatic hydroxyl groups is 1. The van der Waals surface area contributed by atoms with Crippen molar-refractivity contribution in [1.29, 1.82) is 0 Å². The van der Waals surface area contributed by atoms with Crippen molar-refractivity contribution in [3.8, 4) is 0 Å². The summed E-state index contributed by atoms with van der Waals surface area (Å²) in [6.45, 7) is 0.719. The molecule has 174 valence electrons. The summed E-state index contributed by atoms with van der Waals surface area (Å²) in [6.07, 6.45) is -5.83. The van der Waals surface area contributed by atoms with Gasteiger partial charge >= 0.3 is 0 Å². The molecule has 0 spiro atoms. The molecule has 0 radical (unpaired) electrons. The second-order valence-corrected chi connectivity index (χ2v) is 8.03. The summed E-state index contributed by atoms with van der Waals surface area (Å²) in [5.41, 5.74) is 2.80. The largest absolute Gasteiger partial charge is 0.374 e. The Morgan fingerprint density at radius 2 is 1.12 bits per heavy atom. The first-order chi connectivity index (χ1) is 16.2. The summed E-state index contributed by atoms with van der Waals surface area (Å²) in [6, 6.07) is 28.6. The second kappa shape index (κ2) is 12.0. The average Bonchev–Trinajstić information content (AvgIpc) is 2.86. The Morgan fingerprint density at radius 3 is 1.64 bits per heavy atom. The summed E-state index contributed by atoms with van der Waals surface area (Å²) in [5, 5.41) is 10.7. The molecule has 0 saturated carbocycles. The van der Waals surface area contributed by atoms with E-state index in [1.165, 1.54) is 0 Å². The predicted molar refractivity (Wildman–Crippen MR) is 122 cm³/mol. The van der Waals surface area contributed by atoms with Gasteiger partial charge in [0.1, 0.15) is 18.3 Å². The van der Waals surface area contributed by atoms with Crippen LogP contribution in [0.2, 0.25) is 0 Å². The normalized spacial score (nSPS) is 25.1. The third kappa shape index (κ3) is 6.69. The molecule has 33 heavy (non-hydrogen) atoms. The molecule has 1 fully saturated rings. The van der Waals surface area contributed by atoms with E-state index in [-0.39, 0.29) is 19.8 Å². The molecule has 1 aliphatic heterocycles. The summed E-state index contributed by atoms with van der Waals surface area (Å²) in [4.78, 5) is 0. The first kappa shape index (κ1) is 23.5. The number of benzene rings is 3. The van der Waals surface area contributed by atoms with Gasteiger partial charge in [0.15, 0.2) is 12.5 Å². The molecule has 1 heterocycles. The van der Waals surface area contributed by atoms with Gasteiger partial charge in [0.05, 0.1) is 26.4 Å². The third-order valence-electron chi connectivity index (χ3n) is 5.55. The summed E-state index contributed by atoms with van der Waals surface area (Å²) in [5.74, 6) is 0. The van der Waals surface area contributed by atoms with Crippen molar-refractivity contribution in [3.63, 3.8) is 0 Å². The van der Waals surface area contributed by atoms with E-state index in [9.17, 15) is 5.11 Å². The van der Waals surface area contributed by atoms with Crippen LogP contribution in [0.3, 0.4) is 0 Å². The Kier molecular flexibility index (Phi) is 8.58. The predicted octanol–water partition coefficient (Wildman–Crippen LogP) is 4.43. The number of alkyl halides is 1. The molecule has 5 nitrogen and oxygen atoms in total. The standard InChI is InChI=1S/C27H29FO5/c28-24-23(19-30-16-20-10-4-1-5-11-20)33-27(29)26(32-18-22-14-8-3-9-15-22)25(24)31-17-21-12-6-2-7-13-21/h1-15,23-27,29H,16-19H2/t23-,24-,25+,26-,27+/m1/s1. The Bertz CT molecular complexity index is 941. The van der Waals surface area contributed by atoms with Gasteiger partial charge in [-0.05, 0) is 16.7 Å². The highest BCUT2D eigenvalue weighted by molar-refractivity contribution is 5.15. The van der Waals surface area contributed by atoms with Gasteiger partial charge in [-0.1, -0.05) is 91.0 Å². The van der Waals surface area contributed by atoms with Crippen molar-refractivity contribution in [1.82, 2.24) is 0 Å². The average molecular weight is 453 g/mol. The number of hydrogen-bond acceptors (Lipinski definition) is 5. The Hall–Kier alpha value is -2.61. The lowest BCUT2D eigenvalue weighted by Gasteiger charge is -2.41. The van der Waals surface area contributed by atoms with Crippen LogP contribution in [-0.4, -0.2) is 42.5 Å². The highest BCUT2D eigenvalue weighted by Crippen LogP contribution is 2.29. The Labute approximate surface area is 193 Å². The molecule has 1 N–H and O–H groups in total. The molecule has 1 aliphatic rings. The van der Waals surface area contributed by atoms with E-state index < -0.39 is 30.8 Å². The number of rotatable bonds is 10. The van der Waals surface area contributed by atoms with Crippen molar-refractivity contribution in [2.45, 2.75) is 50.6 Å². The van der Waals surface area contributed by atoms with Crippen LogP contribution in [0.15, 0.2) is 91.0 Å². The van der Waals surface area contributed by atoms with Crippen LogP contribution in [0.25, 0.3) is 0 Å². The van der Waals surface area contributed by atoms with Gasteiger partial charge < -0.3 is 24.1 Å². The topological polar surface area (TPSA) is 57.2 Å². The lowest BCUT2D eigenvalue weighted by Crippen LogP contribution is -2.58. The van der Waals surface area contributed by atoms with Crippen LogP contribution < -0.4 is 0 Å². The first-order valence-electron chi connectivity index (χ1n) is 11.1. The van der Waals surface area contributed by atoms with E-state index in [0.717, 1.165) is 16.7 Å². The van der Waals surface area contributed by atoms with Crippen LogP contribution in [0.5, 0.6) is 0 Å². The molecule has 6 heteroatoms. The summed E-state index contributed by atoms with van der Waals surface area (Å²) >= 11 is 0. The summed E-state index contributed by atoms with van der Waals surface area (Å²) < 4.78 is 38.7. The van der Waals surface area contributed by atoms with Gasteiger partial charge in [0.25, 0.3) is 0 Å². The van der Waals surface area contributed by atoms with Crippen molar-refractivity contribution >= 4 is 0 Å². The molecule has 0 aliphatic carbocycles. The van der Waals surface area contributed by atoms with E-state index in [1.807, 2.05) is 91.0 Å². The van der Waals surface area contributed by atoms with Gasteiger partial charge in [-0.15, -0.1) is 0 Å². The monoisotopic (exact) mass is 452 g/mol. The van der Waals surface area contributed by atoms with Crippen LogP contribution in [0.1, 0.15) is 16.7 Å². The molecular weight excluding hydrogens is 423 g/mol. The molecule has 1 saturated heterocycles. The fraction of sp³-hybridized carbons (Fsp3) is 0.333. The number of aliphatic hydroxyl groups excluding tert-OH is 1. The second-order valence-electron chi connectivity index (χ2n) is 8.03. The summed E-state index contributed by atoms with van der Waals surface area (Å²) in [7, 11) is 0. The smallest absolute Gasteiger partial charge is 0.184 e. The number of halogens is 1. The molecule has 0 unspecified atom stereocenters. The minimum absolute atomic E-state index is 0.0102. The quantitative estimate of drug-likeness (QED) is 0.493. The maximum atomic E-state index is 15.6. The molecule has 0 amide bonds.